The predicted molar refractivity (Wildman–Crippen MR) is 129 cm³/mol. The van der Waals surface area contributed by atoms with Crippen molar-refractivity contribution in [1.82, 2.24) is 19.7 Å². The molecule has 1 fully saturated rings. The second kappa shape index (κ2) is 8.42. The molecule has 0 saturated heterocycles. The number of halogens is 1. The van der Waals surface area contributed by atoms with Crippen LogP contribution < -0.4 is 0 Å². The number of rotatable bonds is 6. The van der Waals surface area contributed by atoms with Gasteiger partial charge in [0.25, 0.3) is 0 Å². The molecular formula is C26H29FN4O4. The number of aliphatic hydroxyl groups is 1. The fraction of sp³-hybridized carbons (Fsp3) is 0.423. The van der Waals surface area contributed by atoms with E-state index >= 15 is 0 Å². The highest BCUT2D eigenvalue weighted by Crippen LogP contribution is 2.47. The van der Waals surface area contributed by atoms with Crippen LogP contribution in [0.5, 0.6) is 0 Å². The zero-order valence-corrected chi connectivity index (χ0v) is 20.0. The zero-order valence-electron chi connectivity index (χ0n) is 20.0. The standard InChI is InChI=1S/C26H29FN4O4/c1-25(2,14-35-3)22-20(15-8-10-26(34,11-9-15)24(32)33)21-19(12-16-13-28-30-23(16)29-21)31(22)18-6-4-17(27)5-7-18/h4-7,12-13,15,34H,8-11,14H2,1-3H3,(H,32,33)(H,28,29,30)/t15-,26+. The summed E-state index contributed by atoms with van der Waals surface area (Å²) in [7, 11) is 1.66. The molecule has 8 nitrogen and oxygen atoms in total. The molecule has 35 heavy (non-hydrogen) atoms. The molecular weight excluding hydrogens is 451 g/mol. The van der Waals surface area contributed by atoms with Crippen molar-refractivity contribution >= 4 is 28.0 Å². The number of methoxy groups -OCH3 is 1. The maximum atomic E-state index is 13.8. The largest absolute Gasteiger partial charge is 0.479 e. The fourth-order valence-corrected chi connectivity index (χ4v) is 5.53. The van der Waals surface area contributed by atoms with E-state index in [1.807, 2.05) is 6.07 Å². The number of fused-ring (bicyclic) bond motifs is 2. The number of aromatic nitrogens is 4. The first-order valence-electron chi connectivity index (χ1n) is 11.7. The Morgan fingerprint density at radius 2 is 1.97 bits per heavy atom. The number of pyridine rings is 1. The van der Waals surface area contributed by atoms with Gasteiger partial charge in [-0.15, -0.1) is 0 Å². The van der Waals surface area contributed by atoms with E-state index in [-0.39, 0.29) is 24.6 Å². The topological polar surface area (TPSA) is 113 Å². The Hall–Kier alpha value is -3.30. The minimum absolute atomic E-state index is 0.0159. The number of hydrogen-bond donors (Lipinski definition) is 3. The number of ether oxygens (including phenoxy) is 1. The van der Waals surface area contributed by atoms with E-state index in [1.54, 1.807) is 25.4 Å². The first kappa shape index (κ1) is 23.4. The molecule has 184 valence electrons. The van der Waals surface area contributed by atoms with Gasteiger partial charge in [0.15, 0.2) is 11.2 Å². The fourth-order valence-electron chi connectivity index (χ4n) is 5.53. The van der Waals surface area contributed by atoms with Crippen LogP contribution in [0.3, 0.4) is 0 Å². The van der Waals surface area contributed by atoms with Crippen LogP contribution in [0, 0.1) is 5.82 Å². The minimum Gasteiger partial charge on any atom is -0.479 e. The van der Waals surface area contributed by atoms with Gasteiger partial charge >= 0.3 is 5.97 Å². The van der Waals surface area contributed by atoms with Crippen LogP contribution in [0.25, 0.3) is 27.8 Å². The van der Waals surface area contributed by atoms with E-state index < -0.39 is 17.0 Å². The molecule has 4 aromatic rings. The second-order valence-corrected chi connectivity index (χ2v) is 10.2. The number of carbonyl (C=O) groups is 1. The van der Waals surface area contributed by atoms with Crippen molar-refractivity contribution in [3.05, 3.63) is 53.6 Å². The van der Waals surface area contributed by atoms with Crippen molar-refractivity contribution in [1.29, 1.82) is 0 Å². The smallest absolute Gasteiger partial charge is 0.335 e. The van der Waals surface area contributed by atoms with Gasteiger partial charge in [0, 0.05) is 34.9 Å². The average molecular weight is 481 g/mol. The lowest BCUT2D eigenvalue weighted by Crippen LogP contribution is -2.42. The Balaban J connectivity index is 1.80. The summed E-state index contributed by atoms with van der Waals surface area (Å²) >= 11 is 0. The van der Waals surface area contributed by atoms with Crippen LogP contribution in [0.4, 0.5) is 4.39 Å². The van der Waals surface area contributed by atoms with Crippen molar-refractivity contribution in [2.45, 2.75) is 56.5 Å². The minimum atomic E-state index is -1.71. The number of aromatic amines is 1. The summed E-state index contributed by atoms with van der Waals surface area (Å²) in [4.78, 5) is 16.6. The molecule has 0 atom stereocenters. The van der Waals surface area contributed by atoms with E-state index in [0.717, 1.165) is 33.4 Å². The van der Waals surface area contributed by atoms with Gasteiger partial charge in [-0.3, -0.25) is 5.10 Å². The van der Waals surface area contributed by atoms with Gasteiger partial charge in [0.1, 0.15) is 5.82 Å². The maximum absolute atomic E-state index is 13.8. The third-order valence-corrected chi connectivity index (χ3v) is 7.23. The summed E-state index contributed by atoms with van der Waals surface area (Å²) in [6.45, 7) is 4.62. The molecule has 0 bridgehead atoms. The number of carboxylic acids is 1. The molecule has 3 aromatic heterocycles. The molecule has 5 rings (SSSR count). The normalized spacial score (nSPS) is 21.1. The van der Waals surface area contributed by atoms with Crippen LogP contribution in [0.15, 0.2) is 36.5 Å². The summed E-state index contributed by atoms with van der Waals surface area (Å²) < 4.78 is 21.6. The maximum Gasteiger partial charge on any atom is 0.335 e. The summed E-state index contributed by atoms with van der Waals surface area (Å²) in [6, 6.07) is 8.39. The van der Waals surface area contributed by atoms with Crippen LogP contribution in [-0.2, 0) is 14.9 Å². The number of carboxylic acid groups (broad SMARTS) is 1. The first-order valence-corrected chi connectivity index (χ1v) is 11.7. The van der Waals surface area contributed by atoms with Gasteiger partial charge in [-0.05, 0) is 61.9 Å². The Bertz CT molecular complexity index is 1400. The Morgan fingerprint density at radius 3 is 2.60 bits per heavy atom. The average Bonchev–Trinajstić information content (AvgIpc) is 3.41. The van der Waals surface area contributed by atoms with E-state index in [1.165, 1.54) is 12.1 Å². The van der Waals surface area contributed by atoms with Crippen molar-refractivity contribution < 1.29 is 24.1 Å². The molecule has 0 amide bonds. The van der Waals surface area contributed by atoms with Gasteiger partial charge in [0.2, 0.25) is 0 Å². The lowest BCUT2D eigenvalue weighted by molar-refractivity contribution is -0.162. The Kier molecular flexibility index (Phi) is 5.64. The molecule has 0 spiro atoms. The number of aliphatic carboxylic acids is 1. The number of hydrogen-bond acceptors (Lipinski definition) is 5. The first-order chi connectivity index (χ1) is 16.6. The van der Waals surface area contributed by atoms with E-state index in [4.69, 9.17) is 9.72 Å². The van der Waals surface area contributed by atoms with E-state index in [0.29, 0.717) is 25.1 Å². The number of nitrogens with one attached hydrogen (secondary N) is 1. The molecule has 1 saturated carbocycles. The third kappa shape index (κ3) is 3.88. The van der Waals surface area contributed by atoms with Crippen molar-refractivity contribution in [2.24, 2.45) is 0 Å². The second-order valence-electron chi connectivity index (χ2n) is 10.2. The molecule has 1 aliphatic carbocycles. The SMILES string of the molecule is COCC(C)(C)c1c([C@H]2CC[C@](O)(C(=O)O)CC2)c2nc3[nH]ncc3cc2n1-c1ccc(F)cc1. The highest BCUT2D eigenvalue weighted by atomic mass is 19.1. The quantitative estimate of drug-likeness (QED) is 0.376. The number of benzene rings is 1. The molecule has 0 radical (unpaired) electrons. The van der Waals surface area contributed by atoms with Crippen LogP contribution in [0.1, 0.15) is 56.7 Å². The zero-order chi connectivity index (χ0) is 25.0. The highest BCUT2D eigenvalue weighted by molar-refractivity contribution is 5.94. The van der Waals surface area contributed by atoms with Crippen LogP contribution >= 0.6 is 0 Å². The van der Waals surface area contributed by atoms with Gasteiger partial charge in [-0.1, -0.05) is 13.8 Å². The van der Waals surface area contributed by atoms with Gasteiger partial charge in [-0.25, -0.2) is 14.2 Å². The van der Waals surface area contributed by atoms with Crippen molar-refractivity contribution in [2.75, 3.05) is 13.7 Å². The van der Waals surface area contributed by atoms with Gasteiger partial charge in [-0.2, -0.15) is 5.10 Å². The molecule has 9 heteroatoms. The summed E-state index contributed by atoms with van der Waals surface area (Å²) in [6.07, 6.45) is 3.05. The van der Waals surface area contributed by atoms with Gasteiger partial charge in [0.05, 0.1) is 23.8 Å². The van der Waals surface area contributed by atoms with Crippen LogP contribution in [0.2, 0.25) is 0 Å². The summed E-state index contributed by atoms with van der Waals surface area (Å²) in [5.74, 6) is -1.52. The van der Waals surface area contributed by atoms with Crippen LogP contribution in [-0.4, -0.2) is 55.2 Å². The van der Waals surface area contributed by atoms with E-state index in [9.17, 15) is 19.4 Å². The number of H-pyrrole nitrogens is 1. The molecule has 0 aliphatic heterocycles. The highest BCUT2D eigenvalue weighted by Gasteiger charge is 2.43. The predicted octanol–water partition coefficient (Wildman–Crippen LogP) is 4.44. The summed E-state index contributed by atoms with van der Waals surface area (Å²) in [5, 5.41) is 28.0. The molecule has 1 aromatic carbocycles. The molecule has 3 N–H and O–H groups in total. The van der Waals surface area contributed by atoms with Crippen molar-refractivity contribution in [3.63, 3.8) is 0 Å². The third-order valence-electron chi connectivity index (χ3n) is 7.23. The Morgan fingerprint density at radius 1 is 1.29 bits per heavy atom. The van der Waals surface area contributed by atoms with Crippen molar-refractivity contribution in [3.8, 4) is 5.69 Å². The lowest BCUT2D eigenvalue weighted by atomic mass is 9.73. The summed E-state index contributed by atoms with van der Waals surface area (Å²) in [5.41, 5.74) is 2.93. The molecule has 3 heterocycles. The number of nitrogens with zero attached hydrogens (tertiary/aromatic N) is 3. The molecule has 0 unspecified atom stereocenters. The van der Waals surface area contributed by atoms with Gasteiger partial charge < -0.3 is 19.5 Å². The van der Waals surface area contributed by atoms with E-state index in [2.05, 4.69) is 28.6 Å². The molecule has 1 aliphatic rings. The monoisotopic (exact) mass is 480 g/mol. The lowest BCUT2D eigenvalue weighted by Gasteiger charge is -2.35. The Labute approximate surface area is 201 Å².